The highest BCUT2D eigenvalue weighted by Crippen LogP contribution is 2.29. The molecule has 2 aromatic carbocycles. The molecule has 0 spiro atoms. The minimum atomic E-state index is -4.45. The number of carbonyl (C=O) groups excluding carboxylic acids is 1. The first-order valence-electron chi connectivity index (χ1n) is 7.23. The zero-order valence-corrected chi connectivity index (χ0v) is 14.4. The fraction of sp³-hybridized carbons (Fsp3) is 0.235. The molecule has 0 heterocycles. The van der Waals surface area contributed by atoms with E-state index in [1.807, 2.05) is 0 Å². The lowest BCUT2D eigenvalue weighted by atomic mass is 10.1. The van der Waals surface area contributed by atoms with Crippen molar-refractivity contribution in [2.75, 3.05) is 10.6 Å². The lowest BCUT2D eigenvalue weighted by Crippen LogP contribution is -2.29. The molecule has 0 saturated carbocycles. The van der Waals surface area contributed by atoms with Crippen LogP contribution in [-0.4, -0.2) is 20.5 Å². The number of sulfonamides is 1. The van der Waals surface area contributed by atoms with Gasteiger partial charge in [-0.3, -0.25) is 9.10 Å². The Morgan fingerprint density at radius 3 is 1.92 bits per heavy atom. The lowest BCUT2D eigenvalue weighted by Gasteiger charge is -2.23. The molecule has 0 unspecified atom stereocenters. The Bertz CT molecular complexity index is 858. The Morgan fingerprint density at radius 1 is 1.00 bits per heavy atom. The topological polar surface area (TPSA) is 54.5 Å². The second-order valence-corrected chi connectivity index (χ2v) is 7.47. The van der Waals surface area contributed by atoms with Crippen LogP contribution in [0.4, 0.5) is 18.9 Å². The van der Waals surface area contributed by atoms with Gasteiger partial charge in [-0.05, 0) is 48.9 Å². The number of Topliss-reactive ketones (excluding diaryl/α,β-unsaturated/α-hetero) is 1. The minimum absolute atomic E-state index is 0.115. The fourth-order valence-electron chi connectivity index (χ4n) is 2.23. The highest BCUT2D eigenvalue weighted by Gasteiger charge is 2.30. The minimum Gasteiger partial charge on any atom is -0.295 e. The largest absolute Gasteiger partial charge is 0.416 e. The average molecular weight is 371 g/mol. The number of hydrogen-bond donors (Lipinski definition) is 0. The van der Waals surface area contributed by atoms with Crippen molar-refractivity contribution in [1.29, 1.82) is 0 Å². The molecule has 2 aromatic rings. The Kier molecular flexibility index (Phi) is 5.22. The van der Waals surface area contributed by atoms with Gasteiger partial charge in [0.2, 0.25) is 10.0 Å². The van der Waals surface area contributed by atoms with E-state index < -0.39 is 21.8 Å². The maximum absolute atomic E-state index is 12.6. The van der Waals surface area contributed by atoms with Crippen molar-refractivity contribution in [3.05, 3.63) is 65.2 Å². The Balaban J connectivity index is 2.32. The number of alkyl halides is 3. The molecule has 134 valence electrons. The number of halogens is 3. The molecule has 2 rings (SSSR count). The number of anilines is 1. The van der Waals surface area contributed by atoms with Crippen molar-refractivity contribution < 1.29 is 26.4 Å². The summed E-state index contributed by atoms with van der Waals surface area (Å²) in [6.07, 6.45) is -3.44. The molecule has 0 radical (unpaired) electrons. The van der Waals surface area contributed by atoms with Crippen molar-refractivity contribution in [2.45, 2.75) is 19.6 Å². The average Bonchev–Trinajstić information content (AvgIpc) is 2.51. The normalized spacial score (nSPS) is 12.0. The molecule has 0 N–H and O–H groups in total. The van der Waals surface area contributed by atoms with Crippen LogP contribution in [-0.2, 0) is 22.7 Å². The van der Waals surface area contributed by atoms with E-state index in [1.54, 1.807) is 0 Å². The van der Waals surface area contributed by atoms with Crippen LogP contribution >= 0.6 is 0 Å². The van der Waals surface area contributed by atoms with Crippen LogP contribution in [0.15, 0.2) is 48.5 Å². The van der Waals surface area contributed by atoms with Crippen LogP contribution in [0.1, 0.15) is 28.4 Å². The quantitative estimate of drug-likeness (QED) is 0.750. The summed E-state index contributed by atoms with van der Waals surface area (Å²) >= 11 is 0. The maximum atomic E-state index is 12.6. The first-order chi connectivity index (χ1) is 11.5. The second-order valence-electron chi connectivity index (χ2n) is 5.57. The second kappa shape index (κ2) is 6.87. The van der Waals surface area contributed by atoms with E-state index in [4.69, 9.17) is 0 Å². The van der Waals surface area contributed by atoms with Crippen molar-refractivity contribution in [2.24, 2.45) is 0 Å². The van der Waals surface area contributed by atoms with E-state index in [0.717, 1.165) is 22.7 Å². The third-order valence-electron chi connectivity index (χ3n) is 3.57. The Labute approximate surface area is 143 Å². The summed E-state index contributed by atoms with van der Waals surface area (Å²) in [7, 11) is -3.66. The Hall–Kier alpha value is -2.35. The predicted molar refractivity (Wildman–Crippen MR) is 88.9 cm³/mol. The summed E-state index contributed by atoms with van der Waals surface area (Å²) in [5, 5.41) is 0. The van der Waals surface area contributed by atoms with E-state index >= 15 is 0 Å². The van der Waals surface area contributed by atoms with E-state index in [9.17, 15) is 26.4 Å². The SMILES string of the molecule is CC(=O)c1ccc(N(Cc2ccc(C(F)(F)F)cc2)S(C)(=O)=O)cc1. The summed E-state index contributed by atoms with van der Waals surface area (Å²) < 4.78 is 63.0. The van der Waals surface area contributed by atoms with Crippen molar-refractivity contribution in [3.8, 4) is 0 Å². The first-order valence-corrected chi connectivity index (χ1v) is 9.08. The third kappa shape index (κ3) is 4.82. The van der Waals surface area contributed by atoms with E-state index in [1.165, 1.54) is 43.3 Å². The number of benzene rings is 2. The molecule has 0 saturated heterocycles. The van der Waals surface area contributed by atoms with Gasteiger partial charge in [-0.1, -0.05) is 12.1 Å². The molecule has 0 atom stereocenters. The van der Waals surface area contributed by atoms with Crippen molar-refractivity contribution in [3.63, 3.8) is 0 Å². The molecule has 25 heavy (non-hydrogen) atoms. The molecule has 0 amide bonds. The fourth-order valence-corrected chi connectivity index (χ4v) is 3.12. The summed E-state index contributed by atoms with van der Waals surface area (Å²) in [5.41, 5.74) is 0.376. The number of nitrogens with zero attached hydrogens (tertiary/aromatic N) is 1. The summed E-state index contributed by atoms with van der Waals surface area (Å²) in [6, 6.07) is 10.3. The molecule has 0 aliphatic heterocycles. The van der Waals surface area contributed by atoms with Crippen LogP contribution in [0.3, 0.4) is 0 Å². The van der Waals surface area contributed by atoms with E-state index in [2.05, 4.69) is 0 Å². The van der Waals surface area contributed by atoms with Gasteiger partial charge in [-0.15, -0.1) is 0 Å². The zero-order valence-electron chi connectivity index (χ0n) is 13.5. The van der Waals surface area contributed by atoms with Crippen LogP contribution in [0.5, 0.6) is 0 Å². The monoisotopic (exact) mass is 371 g/mol. The molecular weight excluding hydrogens is 355 g/mol. The van der Waals surface area contributed by atoms with Crippen molar-refractivity contribution in [1.82, 2.24) is 0 Å². The van der Waals surface area contributed by atoms with E-state index in [-0.39, 0.29) is 12.3 Å². The van der Waals surface area contributed by atoms with Gasteiger partial charge >= 0.3 is 6.18 Å². The molecular formula is C17H16F3NO3S. The van der Waals surface area contributed by atoms with Gasteiger partial charge in [0.15, 0.2) is 5.78 Å². The third-order valence-corrected chi connectivity index (χ3v) is 4.71. The summed E-state index contributed by atoms with van der Waals surface area (Å²) in [6.45, 7) is 1.28. The molecule has 0 aliphatic carbocycles. The standard InChI is InChI=1S/C17H16F3NO3S/c1-12(22)14-5-9-16(10-6-14)21(25(2,23)24)11-13-3-7-15(8-4-13)17(18,19)20/h3-10H,11H2,1-2H3. The van der Waals surface area contributed by atoms with Crippen LogP contribution in [0.2, 0.25) is 0 Å². The molecule has 0 aliphatic rings. The van der Waals surface area contributed by atoms with Gasteiger partial charge in [-0.2, -0.15) is 13.2 Å². The predicted octanol–water partition coefficient (Wildman–Crippen LogP) is 3.87. The van der Waals surface area contributed by atoms with E-state index in [0.29, 0.717) is 16.8 Å². The van der Waals surface area contributed by atoms with Crippen molar-refractivity contribution >= 4 is 21.5 Å². The summed E-state index contributed by atoms with van der Waals surface area (Å²) in [5.74, 6) is -0.153. The smallest absolute Gasteiger partial charge is 0.295 e. The van der Waals surface area contributed by atoms with Gasteiger partial charge < -0.3 is 0 Å². The highest BCUT2D eigenvalue weighted by molar-refractivity contribution is 7.92. The number of hydrogen-bond acceptors (Lipinski definition) is 3. The molecule has 0 bridgehead atoms. The lowest BCUT2D eigenvalue weighted by molar-refractivity contribution is -0.137. The number of ketones is 1. The first kappa shape index (κ1) is 19.0. The van der Waals surface area contributed by atoms with Gasteiger partial charge in [0.1, 0.15) is 0 Å². The highest BCUT2D eigenvalue weighted by atomic mass is 32.2. The van der Waals surface area contributed by atoms with Gasteiger partial charge in [0.05, 0.1) is 24.1 Å². The molecule has 4 nitrogen and oxygen atoms in total. The Morgan fingerprint density at radius 2 is 1.52 bits per heavy atom. The number of carbonyl (C=O) groups is 1. The summed E-state index contributed by atoms with van der Waals surface area (Å²) in [4.78, 5) is 11.3. The maximum Gasteiger partial charge on any atom is 0.416 e. The molecule has 0 aromatic heterocycles. The van der Waals surface area contributed by atoms with Crippen LogP contribution in [0, 0.1) is 0 Å². The van der Waals surface area contributed by atoms with Crippen LogP contribution < -0.4 is 4.31 Å². The van der Waals surface area contributed by atoms with Gasteiger partial charge in [0.25, 0.3) is 0 Å². The van der Waals surface area contributed by atoms with Gasteiger partial charge in [-0.25, -0.2) is 8.42 Å². The van der Waals surface area contributed by atoms with Gasteiger partial charge in [0, 0.05) is 5.56 Å². The molecule has 0 fully saturated rings. The number of rotatable bonds is 5. The molecule has 8 heteroatoms. The zero-order chi connectivity index (χ0) is 18.8. The van der Waals surface area contributed by atoms with Crippen LogP contribution in [0.25, 0.3) is 0 Å².